The Hall–Kier alpha value is -4.37. The highest BCUT2D eigenvalue weighted by Gasteiger charge is 2.47. The largest absolute Gasteiger partial charge is 0.329 e. The Morgan fingerprint density at radius 1 is 0.975 bits per heavy atom. The van der Waals surface area contributed by atoms with Gasteiger partial charge in [0.1, 0.15) is 5.82 Å². The van der Waals surface area contributed by atoms with Gasteiger partial charge in [-0.05, 0) is 103 Å². The number of carbonyl (C=O) groups excluding carboxylic acids is 3. The van der Waals surface area contributed by atoms with Gasteiger partial charge >= 0.3 is 0 Å². The average Bonchev–Trinajstić information content (AvgIpc) is 3.27. The monoisotopic (exact) mass is 541 g/mol. The van der Waals surface area contributed by atoms with Gasteiger partial charge in [-0.25, -0.2) is 9.40 Å². The van der Waals surface area contributed by atoms with Crippen LogP contribution >= 0.6 is 0 Å². The summed E-state index contributed by atoms with van der Waals surface area (Å²) < 4.78 is 13.7. The number of nitrogens with two attached hydrogens (primary N) is 1. The maximum absolute atomic E-state index is 13.7. The van der Waals surface area contributed by atoms with Crippen LogP contribution in [-0.4, -0.2) is 30.5 Å². The smallest absolute Gasteiger partial charge is 0.253 e. The first kappa shape index (κ1) is 27.2. The molecule has 9 heteroatoms. The minimum Gasteiger partial charge on any atom is -0.329 e. The molecule has 8 nitrogen and oxygen atoms in total. The predicted molar refractivity (Wildman–Crippen MR) is 154 cm³/mol. The molecule has 3 aromatic rings. The van der Waals surface area contributed by atoms with E-state index < -0.39 is 11.2 Å². The van der Waals surface area contributed by atoms with Crippen molar-refractivity contribution in [3.05, 3.63) is 88.7 Å². The van der Waals surface area contributed by atoms with Crippen molar-refractivity contribution in [1.82, 2.24) is 0 Å². The fourth-order valence-corrected chi connectivity index (χ4v) is 6.03. The molecule has 40 heavy (non-hydrogen) atoms. The molecule has 1 atom stereocenters. The first-order chi connectivity index (χ1) is 19.3. The molecule has 1 aliphatic carbocycles. The highest BCUT2D eigenvalue weighted by atomic mass is 19.1. The Balaban J connectivity index is 1.74. The molecular weight excluding hydrogens is 509 g/mol. The topological polar surface area (TPSA) is 117 Å². The molecule has 4 N–H and O–H groups in total. The third-order valence-corrected chi connectivity index (χ3v) is 7.80. The van der Waals surface area contributed by atoms with Crippen LogP contribution in [0.4, 0.5) is 21.5 Å². The lowest BCUT2D eigenvalue weighted by Gasteiger charge is -2.37. The predicted octanol–water partition coefficient (Wildman–Crippen LogP) is 4.66. The molecule has 0 saturated carbocycles. The number of anilines is 3. The molecule has 1 heterocycles. The molecule has 0 radical (unpaired) electrons. The summed E-state index contributed by atoms with van der Waals surface area (Å²) >= 11 is 0. The molecule has 3 aromatic carbocycles. The normalized spacial score (nSPS) is 16.3. The highest BCUT2D eigenvalue weighted by molar-refractivity contribution is 6.18. The van der Waals surface area contributed by atoms with E-state index in [-0.39, 0.29) is 18.4 Å². The number of benzene rings is 3. The number of amides is 3. The number of halogens is 1. The summed E-state index contributed by atoms with van der Waals surface area (Å²) in [6.45, 7) is 1.98. The summed E-state index contributed by atoms with van der Waals surface area (Å²) in [5.74, 6) is -0.586. The molecule has 0 saturated heterocycles. The Morgan fingerprint density at radius 2 is 1.55 bits per heavy atom. The van der Waals surface area contributed by atoms with Gasteiger partial charge in [-0.15, -0.1) is 0 Å². The van der Waals surface area contributed by atoms with Crippen LogP contribution in [0, 0.1) is 5.82 Å². The minimum absolute atomic E-state index is 0.00275. The average molecular weight is 542 g/mol. The van der Waals surface area contributed by atoms with Crippen molar-refractivity contribution in [1.29, 1.82) is 0 Å². The highest BCUT2D eigenvalue weighted by Crippen LogP contribution is 2.48. The molecule has 0 aromatic heterocycles. The number of nitrogens with one attached hydrogen (secondary N) is 2. The molecule has 206 valence electrons. The van der Waals surface area contributed by atoms with Crippen molar-refractivity contribution < 1.29 is 18.8 Å². The van der Waals surface area contributed by atoms with E-state index in [0.717, 1.165) is 35.1 Å². The van der Waals surface area contributed by atoms with E-state index in [0.29, 0.717) is 54.9 Å². The van der Waals surface area contributed by atoms with Crippen molar-refractivity contribution >= 4 is 41.5 Å². The van der Waals surface area contributed by atoms with E-state index in [9.17, 15) is 18.8 Å². The summed E-state index contributed by atoms with van der Waals surface area (Å²) in [5, 5.41) is 11.8. The fraction of sp³-hybridized carbons (Fsp3) is 0.290. The van der Waals surface area contributed by atoms with Gasteiger partial charge in [0.05, 0.1) is 23.2 Å². The summed E-state index contributed by atoms with van der Waals surface area (Å²) in [6.07, 6.45) is 5.00. The zero-order valence-electron chi connectivity index (χ0n) is 22.3. The Bertz CT molecular complexity index is 1410. The van der Waals surface area contributed by atoms with Gasteiger partial charge in [-0.1, -0.05) is 18.6 Å². The van der Waals surface area contributed by atoms with Crippen molar-refractivity contribution in [3.63, 3.8) is 0 Å². The van der Waals surface area contributed by atoms with Crippen LogP contribution < -0.4 is 21.4 Å². The lowest BCUT2D eigenvalue weighted by molar-refractivity contribution is -0.117. The van der Waals surface area contributed by atoms with Crippen LogP contribution in [-0.2, 0) is 32.6 Å². The van der Waals surface area contributed by atoms with Gasteiger partial charge in [0.2, 0.25) is 12.8 Å². The molecular formula is C31H32FN5O3. The number of hydrogen-bond donors (Lipinski definition) is 3. The Labute approximate surface area is 232 Å². The Kier molecular flexibility index (Phi) is 7.75. The van der Waals surface area contributed by atoms with Crippen LogP contribution in [0.3, 0.4) is 0 Å². The van der Waals surface area contributed by atoms with Gasteiger partial charge in [-0.3, -0.25) is 14.4 Å². The second-order valence-corrected chi connectivity index (χ2v) is 10.4. The van der Waals surface area contributed by atoms with E-state index in [2.05, 4.69) is 10.6 Å². The standard InChI is InChI=1S/C31H32FN5O3/c1-20(33)3-2-14-31(29-17-30(40)37(36-29)26-10-6-23(32)7-11-26)27-12-8-24(34-18-38)15-21(27)4-5-22-16-25(35-19-39)9-13-28(22)31/h6-13,15-16,18-20H,2-5,14,17,33H2,1H3,(H,34,38)(H,35,39)/t20-/m0/s1. The zero-order valence-corrected chi connectivity index (χ0v) is 22.3. The lowest BCUT2D eigenvalue weighted by atomic mass is 9.65. The number of fused-ring (bicyclic) bond motifs is 2. The number of rotatable bonds is 10. The molecule has 2 aliphatic rings. The third kappa shape index (κ3) is 5.12. The van der Waals surface area contributed by atoms with Gasteiger partial charge < -0.3 is 16.4 Å². The van der Waals surface area contributed by atoms with Crippen LogP contribution in [0.1, 0.15) is 54.9 Å². The molecule has 0 spiro atoms. The van der Waals surface area contributed by atoms with Crippen LogP contribution in [0.15, 0.2) is 65.8 Å². The van der Waals surface area contributed by atoms with E-state index >= 15 is 0 Å². The molecule has 3 amide bonds. The molecule has 0 fully saturated rings. The Morgan fingerprint density at radius 3 is 2.08 bits per heavy atom. The van der Waals surface area contributed by atoms with E-state index in [1.54, 1.807) is 12.1 Å². The van der Waals surface area contributed by atoms with Crippen LogP contribution in [0.25, 0.3) is 0 Å². The first-order valence-corrected chi connectivity index (χ1v) is 13.4. The maximum Gasteiger partial charge on any atom is 0.253 e. The van der Waals surface area contributed by atoms with Crippen LogP contribution in [0.5, 0.6) is 0 Å². The second kappa shape index (κ2) is 11.4. The lowest BCUT2D eigenvalue weighted by Crippen LogP contribution is -2.38. The first-order valence-electron chi connectivity index (χ1n) is 13.4. The summed E-state index contributed by atoms with van der Waals surface area (Å²) in [7, 11) is 0. The van der Waals surface area contributed by atoms with Crippen LogP contribution in [0.2, 0.25) is 0 Å². The maximum atomic E-state index is 13.7. The number of hydrazone groups is 1. The van der Waals surface area contributed by atoms with Gasteiger partial charge in [0.25, 0.3) is 5.91 Å². The molecule has 1 aliphatic heterocycles. The molecule has 0 bridgehead atoms. The second-order valence-electron chi connectivity index (χ2n) is 10.4. The van der Waals surface area contributed by atoms with Gasteiger partial charge in [0.15, 0.2) is 0 Å². The SMILES string of the molecule is C[C@H](N)CCCC1(C2=NN(c3ccc(F)cc3)C(=O)C2)c2ccc(NC=O)cc2CCc2cc(NC=O)ccc21. The van der Waals surface area contributed by atoms with Crippen molar-refractivity contribution in [2.24, 2.45) is 10.8 Å². The van der Waals surface area contributed by atoms with E-state index in [4.69, 9.17) is 10.8 Å². The van der Waals surface area contributed by atoms with Gasteiger partial charge in [-0.2, -0.15) is 5.10 Å². The number of carbonyl (C=O) groups is 3. The zero-order chi connectivity index (χ0) is 28.3. The minimum atomic E-state index is -0.764. The third-order valence-electron chi connectivity index (χ3n) is 7.80. The van der Waals surface area contributed by atoms with Crippen molar-refractivity contribution in [3.8, 4) is 0 Å². The summed E-state index contributed by atoms with van der Waals surface area (Å²) in [4.78, 5) is 35.9. The van der Waals surface area contributed by atoms with Crippen molar-refractivity contribution in [2.75, 3.05) is 15.6 Å². The number of nitrogens with zero attached hydrogens (tertiary/aromatic N) is 2. The fourth-order valence-electron chi connectivity index (χ4n) is 6.03. The number of hydrogen-bond acceptors (Lipinski definition) is 5. The summed E-state index contributed by atoms with van der Waals surface area (Å²) in [6, 6.07) is 17.5. The van der Waals surface area contributed by atoms with E-state index in [1.807, 2.05) is 43.3 Å². The van der Waals surface area contributed by atoms with Gasteiger partial charge in [0, 0.05) is 17.4 Å². The van der Waals surface area contributed by atoms with Crippen molar-refractivity contribution in [2.45, 2.75) is 56.9 Å². The van der Waals surface area contributed by atoms with E-state index in [1.165, 1.54) is 17.1 Å². The number of aryl methyl sites for hydroxylation is 2. The molecule has 0 unspecified atom stereocenters. The summed E-state index contributed by atoms with van der Waals surface area (Å²) in [5.41, 5.74) is 12.1. The quantitative estimate of drug-likeness (QED) is 0.324. The molecule has 5 rings (SSSR count).